The highest BCUT2D eigenvalue weighted by Crippen LogP contribution is 2.28. The summed E-state index contributed by atoms with van der Waals surface area (Å²) in [5, 5.41) is 0.557. The summed E-state index contributed by atoms with van der Waals surface area (Å²) in [7, 11) is -2.14. The van der Waals surface area contributed by atoms with E-state index in [0.29, 0.717) is 35.6 Å². The second kappa shape index (κ2) is 8.56. The number of nitrogens with one attached hydrogen (secondary N) is 1. The molecule has 2 aromatic heterocycles. The van der Waals surface area contributed by atoms with Gasteiger partial charge in [-0.05, 0) is 36.8 Å². The van der Waals surface area contributed by atoms with E-state index in [1.54, 1.807) is 36.4 Å². The van der Waals surface area contributed by atoms with Crippen LogP contribution in [0.25, 0.3) is 11.0 Å². The molecule has 3 heterocycles. The van der Waals surface area contributed by atoms with Gasteiger partial charge in [0.2, 0.25) is 10.0 Å². The van der Waals surface area contributed by atoms with E-state index < -0.39 is 10.0 Å². The maximum absolute atomic E-state index is 13.1. The fourth-order valence-corrected chi connectivity index (χ4v) is 5.16. The monoisotopic (exact) mass is 444 g/mol. The molecule has 1 aliphatic rings. The highest BCUT2D eigenvalue weighted by molar-refractivity contribution is 7.89. The van der Waals surface area contributed by atoms with Gasteiger partial charge in [-0.15, -0.1) is 0 Å². The van der Waals surface area contributed by atoms with Gasteiger partial charge in [-0.2, -0.15) is 4.31 Å². The van der Waals surface area contributed by atoms with Gasteiger partial charge in [0.05, 0.1) is 7.11 Å². The lowest BCUT2D eigenvalue weighted by molar-refractivity contribution is -0.134. The van der Waals surface area contributed by atoms with E-state index in [1.165, 1.54) is 10.5 Å². The van der Waals surface area contributed by atoms with Gasteiger partial charge in [-0.3, -0.25) is 4.79 Å². The first-order valence-electron chi connectivity index (χ1n) is 9.87. The Bertz CT molecular complexity index is 1200. The van der Waals surface area contributed by atoms with Crippen LogP contribution in [0.5, 0.6) is 11.5 Å². The number of sulfonamides is 1. The number of ether oxygens (including phenoxy) is 2. The highest BCUT2D eigenvalue weighted by atomic mass is 32.2. The quantitative estimate of drug-likeness (QED) is 0.622. The molecular weight excluding hydrogens is 420 g/mol. The number of fused-ring (bicyclic) bond motifs is 1. The summed E-state index contributed by atoms with van der Waals surface area (Å²) in [5.74, 6) is 0.864. The van der Waals surface area contributed by atoms with Gasteiger partial charge < -0.3 is 19.4 Å². The first-order chi connectivity index (χ1) is 14.9. The van der Waals surface area contributed by atoms with E-state index in [9.17, 15) is 13.2 Å². The number of pyridine rings is 1. The number of hydrogen-bond donors (Lipinski definition) is 1. The number of methoxy groups -OCH3 is 1. The largest absolute Gasteiger partial charge is 0.493 e. The topological polar surface area (TPSA) is 105 Å². The molecule has 1 aliphatic heterocycles. The van der Waals surface area contributed by atoms with Crippen LogP contribution in [0.15, 0.2) is 47.6 Å². The van der Waals surface area contributed by atoms with Crippen molar-refractivity contribution in [3.63, 3.8) is 0 Å². The number of hydrogen-bond acceptors (Lipinski definition) is 6. The van der Waals surface area contributed by atoms with Crippen LogP contribution in [0.2, 0.25) is 0 Å². The number of benzene rings is 1. The smallest absolute Gasteiger partial charge is 0.260 e. The predicted molar refractivity (Wildman–Crippen MR) is 115 cm³/mol. The molecule has 0 radical (unpaired) electrons. The van der Waals surface area contributed by atoms with Crippen molar-refractivity contribution in [2.75, 3.05) is 39.9 Å². The van der Waals surface area contributed by atoms with Gasteiger partial charge in [0, 0.05) is 44.0 Å². The zero-order chi connectivity index (χ0) is 22.0. The number of rotatable bonds is 6. The molecule has 0 bridgehead atoms. The fraction of sp³-hybridized carbons (Fsp3) is 0.333. The molecular formula is C21H24N4O5S. The number of carbonyl (C=O) groups is 1. The Kier molecular flexibility index (Phi) is 5.84. The van der Waals surface area contributed by atoms with E-state index in [4.69, 9.17) is 9.47 Å². The molecule has 10 heteroatoms. The van der Waals surface area contributed by atoms with Crippen molar-refractivity contribution < 1.29 is 22.7 Å². The second-order valence-electron chi connectivity index (χ2n) is 7.28. The lowest BCUT2D eigenvalue weighted by Crippen LogP contribution is -2.51. The minimum absolute atomic E-state index is 0.139. The number of aromatic nitrogens is 2. The van der Waals surface area contributed by atoms with Crippen LogP contribution in [-0.2, 0) is 14.8 Å². The summed E-state index contributed by atoms with van der Waals surface area (Å²) in [5.41, 5.74) is 1.55. The van der Waals surface area contributed by atoms with Crippen molar-refractivity contribution in [3.8, 4) is 11.5 Å². The second-order valence-corrected chi connectivity index (χ2v) is 9.19. The third-order valence-electron chi connectivity index (χ3n) is 5.29. The van der Waals surface area contributed by atoms with Crippen LogP contribution >= 0.6 is 0 Å². The third kappa shape index (κ3) is 4.21. The minimum Gasteiger partial charge on any atom is -0.493 e. The molecule has 1 N–H and O–H groups in total. The molecule has 1 fully saturated rings. The molecule has 0 saturated carbocycles. The van der Waals surface area contributed by atoms with E-state index in [1.807, 2.05) is 19.1 Å². The molecule has 31 heavy (non-hydrogen) atoms. The normalized spacial score (nSPS) is 15.2. The summed E-state index contributed by atoms with van der Waals surface area (Å²) < 4.78 is 38.5. The zero-order valence-corrected chi connectivity index (χ0v) is 18.2. The Morgan fingerprint density at radius 2 is 1.94 bits per heavy atom. The number of amides is 1. The molecule has 1 amide bonds. The molecule has 1 aromatic carbocycles. The number of carbonyl (C=O) groups excluding carboxylic acids is 1. The van der Waals surface area contributed by atoms with E-state index in [2.05, 4.69) is 9.97 Å². The number of nitrogens with zero attached hydrogens (tertiary/aromatic N) is 3. The lowest BCUT2D eigenvalue weighted by atomic mass is 10.2. The van der Waals surface area contributed by atoms with E-state index in [0.717, 1.165) is 5.56 Å². The Hall–Kier alpha value is -3.11. The Labute approximate surface area is 180 Å². The van der Waals surface area contributed by atoms with Gasteiger partial charge in [0.25, 0.3) is 5.91 Å². The average Bonchev–Trinajstić information content (AvgIpc) is 3.23. The SMILES string of the molecule is COc1cc(C)ccc1OCC(=O)N1CCN(S(=O)(=O)c2c[nH]c3ncccc23)CC1. The van der Waals surface area contributed by atoms with Crippen LogP contribution < -0.4 is 9.47 Å². The number of aryl methyl sites for hydroxylation is 1. The average molecular weight is 445 g/mol. The Morgan fingerprint density at radius 3 is 2.68 bits per heavy atom. The molecule has 0 unspecified atom stereocenters. The van der Waals surface area contributed by atoms with Gasteiger partial charge in [0.15, 0.2) is 18.1 Å². The minimum atomic E-state index is -3.69. The molecule has 0 atom stereocenters. The number of aromatic amines is 1. The van der Waals surface area contributed by atoms with Crippen molar-refractivity contribution in [2.45, 2.75) is 11.8 Å². The summed E-state index contributed by atoms with van der Waals surface area (Å²) in [6.07, 6.45) is 3.07. The van der Waals surface area contributed by atoms with Crippen molar-refractivity contribution in [2.24, 2.45) is 0 Å². The molecule has 9 nitrogen and oxygen atoms in total. The van der Waals surface area contributed by atoms with Crippen LogP contribution in [0.4, 0.5) is 0 Å². The molecule has 0 aliphatic carbocycles. The van der Waals surface area contributed by atoms with Crippen molar-refractivity contribution in [3.05, 3.63) is 48.3 Å². The highest BCUT2D eigenvalue weighted by Gasteiger charge is 2.32. The first-order valence-corrected chi connectivity index (χ1v) is 11.3. The van der Waals surface area contributed by atoms with Crippen LogP contribution in [-0.4, -0.2) is 73.4 Å². The van der Waals surface area contributed by atoms with Crippen molar-refractivity contribution in [1.82, 2.24) is 19.2 Å². The van der Waals surface area contributed by atoms with Crippen molar-refractivity contribution >= 4 is 27.0 Å². The Balaban J connectivity index is 1.37. The van der Waals surface area contributed by atoms with Gasteiger partial charge in [0.1, 0.15) is 10.5 Å². The summed E-state index contributed by atoms with van der Waals surface area (Å²) in [4.78, 5) is 21.4. The van der Waals surface area contributed by atoms with Crippen LogP contribution in [0, 0.1) is 6.92 Å². The van der Waals surface area contributed by atoms with Crippen LogP contribution in [0.1, 0.15) is 5.56 Å². The maximum atomic E-state index is 13.1. The summed E-state index contributed by atoms with van der Waals surface area (Å²) in [6.45, 7) is 2.84. The molecule has 1 saturated heterocycles. The first kappa shape index (κ1) is 21.1. The van der Waals surface area contributed by atoms with E-state index in [-0.39, 0.29) is 30.5 Å². The molecule has 4 rings (SSSR count). The zero-order valence-electron chi connectivity index (χ0n) is 17.4. The summed E-state index contributed by atoms with van der Waals surface area (Å²) >= 11 is 0. The third-order valence-corrected chi connectivity index (χ3v) is 7.23. The predicted octanol–water partition coefficient (Wildman–Crippen LogP) is 1.79. The standard InChI is InChI=1S/C21H24N4O5S/c1-15-5-6-17(18(12-15)29-2)30-14-20(26)24-8-10-25(11-9-24)31(27,28)19-13-23-21-16(19)4-3-7-22-21/h3-7,12-13H,8-11,14H2,1-2H3,(H,22,23). The van der Waals surface area contributed by atoms with Gasteiger partial charge >= 0.3 is 0 Å². The number of H-pyrrole nitrogens is 1. The fourth-order valence-electron chi connectivity index (χ4n) is 3.59. The molecule has 164 valence electrons. The van der Waals surface area contributed by atoms with Gasteiger partial charge in [-0.1, -0.05) is 6.07 Å². The molecule has 3 aromatic rings. The lowest BCUT2D eigenvalue weighted by Gasteiger charge is -2.33. The van der Waals surface area contributed by atoms with Gasteiger partial charge in [-0.25, -0.2) is 13.4 Å². The maximum Gasteiger partial charge on any atom is 0.260 e. The number of piperazine rings is 1. The van der Waals surface area contributed by atoms with Crippen LogP contribution in [0.3, 0.4) is 0 Å². The van der Waals surface area contributed by atoms with E-state index >= 15 is 0 Å². The summed E-state index contributed by atoms with van der Waals surface area (Å²) in [6, 6.07) is 8.91. The molecule has 0 spiro atoms. The Morgan fingerprint density at radius 1 is 1.16 bits per heavy atom. The van der Waals surface area contributed by atoms with Crippen molar-refractivity contribution in [1.29, 1.82) is 0 Å².